The van der Waals surface area contributed by atoms with Crippen LogP contribution in [0.25, 0.3) is 0 Å². The SMILES string of the molecule is CC[C@H](C)[C@@H](C(=O)O)N(C)C(=O)[C@H](COC(C)(C)C)NC(=O)[C@H](CC(C)C)N(C)C(=O)CN(C)C(=O)[C@@H](NC(=O)[C@H](CC(C)C)N(C)C(=O)[C@H](Cc1ccccc1)NC)[C@@H](C)O. The van der Waals surface area contributed by atoms with Crippen molar-refractivity contribution < 1.29 is 48.5 Å². The van der Waals surface area contributed by atoms with E-state index < -0.39 is 95.9 Å². The van der Waals surface area contributed by atoms with E-state index in [1.54, 1.807) is 34.7 Å². The fourth-order valence-corrected chi connectivity index (χ4v) is 6.95. The second-order valence-corrected chi connectivity index (χ2v) is 18.3. The molecule has 0 fully saturated rings. The van der Waals surface area contributed by atoms with Gasteiger partial charge in [0.05, 0.1) is 30.9 Å². The number of carboxylic acids is 1. The van der Waals surface area contributed by atoms with Gasteiger partial charge >= 0.3 is 5.97 Å². The van der Waals surface area contributed by atoms with E-state index in [0.29, 0.717) is 12.8 Å². The molecule has 0 saturated carbocycles. The van der Waals surface area contributed by atoms with E-state index in [-0.39, 0.29) is 37.2 Å². The highest BCUT2D eigenvalue weighted by Crippen LogP contribution is 2.19. The molecule has 1 aromatic carbocycles. The van der Waals surface area contributed by atoms with Crippen LogP contribution in [0, 0.1) is 17.8 Å². The van der Waals surface area contributed by atoms with E-state index in [2.05, 4.69) is 16.0 Å². The van der Waals surface area contributed by atoms with Gasteiger partial charge in [-0.2, -0.15) is 0 Å². The fourth-order valence-electron chi connectivity index (χ4n) is 6.95. The van der Waals surface area contributed by atoms with Crippen LogP contribution in [0.5, 0.6) is 0 Å². The highest BCUT2D eigenvalue weighted by atomic mass is 16.5. The number of rotatable bonds is 25. The first-order valence-corrected chi connectivity index (χ1v) is 21.6. The number of carbonyl (C=O) groups is 7. The molecule has 17 nitrogen and oxygen atoms in total. The zero-order valence-electron chi connectivity index (χ0n) is 39.9. The third-order valence-electron chi connectivity index (χ3n) is 10.9. The summed E-state index contributed by atoms with van der Waals surface area (Å²) in [5.74, 6) is -5.49. The number of hydrogen-bond donors (Lipinski definition) is 5. The van der Waals surface area contributed by atoms with Crippen molar-refractivity contribution in [2.24, 2.45) is 17.8 Å². The normalized spacial score (nSPS) is 15.6. The standard InChI is InChI=1S/C45H77N7O10/c1-16-29(6)38(44(60)61)52(15)42(58)33(26-62-45(8,9)10)47-39(55)34(22-27(2)3)50(13)36(54)25-49(12)43(59)37(30(7)53)48-40(56)35(23-28(4)5)51(14)41(57)32(46-11)24-31-20-18-17-19-21-31/h17-21,27-30,32-35,37-38,46,53H,16,22-26H2,1-15H3,(H,47,55)(H,48,56)(H,60,61)/t29-,30+,32-,33-,34-,35-,37-,38-/m0/s1. The number of nitrogens with one attached hydrogen (secondary N) is 3. The number of aliphatic hydroxyl groups excluding tert-OH is 1. The Morgan fingerprint density at radius 2 is 1.23 bits per heavy atom. The van der Waals surface area contributed by atoms with Gasteiger partial charge in [0.1, 0.15) is 30.2 Å². The van der Waals surface area contributed by atoms with Crippen molar-refractivity contribution >= 4 is 41.4 Å². The molecule has 0 spiro atoms. The van der Waals surface area contributed by atoms with Crippen molar-refractivity contribution in [3.05, 3.63) is 35.9 Å². The van der Waals surface area contributed by atoms with Gasteiger partial charge in [0.15, 0.2) is 0 Å². The summed E-state index contributed by atoms with van der Waals surface area (Å²) in [6.45, 7) is 16.9. The Morgan fingerprint density at radius 3 is 1.68 bits per heavy atom. The zero-order chi connectivity index (χ0) is 47.8. The minimum atomic E-state index is -1.49. The molecular weight excluding hydrogens is 799 g/mol. The predicted octanol–water partition coefficient (Wildman–Crippen LogP) is 2.14. The van der Waals surface area contributed by atoms with Crippen LogP contribution in [-0.4, -0.2) is 168 Å². The van der Waals surface area contributed by atoms with Gasteiger partial charge < -0.3 is 50.5 Å². The number of carbonyl (C=O) groups excluding carboxylic acids is 6. The lowest BCUT2D eigenvalue weighted by Gasteiger charge is -2.35. The highest BCUT2D eigenvalue weighted by molar-refractivity contribution is 5.96. The largest absolute Gasteiger partial charge is 0.480 e. The number of aliphatic hydroxyl groups is 1. The molecule has 0 unspecified atom stereocenters. The van der Waals surface area contributed by atoms with Crippen molar-refractivity contribution in [1.29, 1.82) is 0 Å². The number of benzene rings is 1. The number of likely N-dealkylation sites (N-methyl/N-ethyl adjacent to an activating group) is 5. The first kappa shape index (κ1) is 55.4. The van der Waals surface area contributed by atoms with Gasteiger partial charge in [-0.3, -0.25) is 28.8 Å². The maximum absolute atomic E-state index is 14.1. The Hall–Kier alpha value is -4.61. The Morgan fingerprint density at radius 1 is 0.726 bits per heavy atom. The number of aliphatic carboxylic acids is 1. The molecule has 0 aliphatic rings. The maximum Gasteiger partial charge on any atom is 0.326 e. The molecular formula is C45H77N7O10. The minimum Gasteiger partial charge on any atom is -0.480 e. The third-order valence-corrected chi connectivity index (χ3v) is 10.9. The number of amides is 6. The molecule has 0 aliphatic carbocycles. The molecule has 1 rings (SSSR count). The fraction of sp³-hybridized carbons (Fsp3) is 0.711. The lowest BCUT2D eigenvalue weighted by Crippen LogP contribution is -2.60. The summed E-state index contributed by atoms with van der Waals surface area (Å²) in [4.78, 5) is 100. The van der Waals surface area contributed by atoms with Crippen molar-refractivity contribution in [3.63, 3.8) is 0 Å². The third kappa shape index (κ3) is 17.3. The summed E-state index contributed by atoms with van der Waals surface area (Å²) >= 11 is 0. The van der Waals surface area contributed by atoms with Crippen LogP contribution in [-0.2, 0) is 44.7 Å². The summed E-state index contributed by atoms with van der Waals surface area (Å²) in [7, 11) is 7.30. The molecule has 62 heavy (non-hydrogen) atoms. The van der Waals surface area contributed by atoms with Gasteiger partial charge in [0, 0.05) is 28.2 Å². The van der Waals surface area contributed by atoms with Crippen LogP contribution < -0.4 is 16.0 Å². The molecule has 5 N–H and O–H groups in total. The summed E-state index contributed by atoms with van der Waals surface area (Å²) in [6.07, 6.45) is -0.0977. The average Bonchev–Trinajstić information content (AvgIpc) is 3.19. The molecule has 8 atom stereocenters. The highest BCUT2D eigenvalue weighted by Gasteiger charge is 2.39. The molecule has 0 bridgehead atoms. The van der Waals surface area contributed by atoms with Gasteiger partial charge in [0.25, 0.3) is 0 Å². The first-order chi connectivity index (χ1) is 28.7. The van der Waals surface area contributed by atoms with Gasteiger partial charge in [-0.15, -0.1) is 0 Å². The predicted molar refractivity (Wildman–Crippen MR) is 238 cm³/mol. The first-order valence-electron chi connectivity index (χ1n) is 21.6. The average molecular weight is 876 g/mol. The smallest absolute Gasteiger partial charge is 0.326 e. The maximum atomic E-state index is 14.1. The van der Waals surface area contributed by atoms with Crippen molar-refractivity contribution in [1.82, 2.24) is 35.6 Å². The Labute approximate surface area is 369 Å². The van der Waals surface area contributed by atoms with E-state index in [4.69, 9.17) is 4.74 Å². The lowest BCUT2D eigenvalue weighted by molar-refractivity contribution is -0.154. The van der Waals surface area contributed by atoms with Crippen LogP contribution >= 0.6 is 0 Å². The van der Waals surface area contributed by atoms with E-state index >= 15 is 0 Å². The summed E-state index contributed by atoms with van der Waals surface area (Å²) in [6, 6.07) is 2.75. The monoisotopic (exact) mass is 876 g/mol. The van der Waals surface area contributed by atoms with Crippen LogP contribution in [0.3, 0.4) is 0 Å². The molecule has 0 radical (unpaired) electrons. The second kappa shape index (κ2) is 25.5. The quantitative estimate of drug-likeness (QED) is 0.0959. The van der Waals surface area contributed by atoms with Crippen LogP contribution in [0.2, 0.25) is 0 Å². The zero-order valence-corrected chi connectivity index (χ0v) is 39.9. The lowest BCUT2D eigenvalue weighted by atomic mass is 9.97. The van der Waals surface area contributed by atoms with E-state index in [9.17, 15) is 43.8 Å². The van der Waals surface area contributed by atoms with Gasteiger partial charge in [-0.05, 0) is 77.3 Å². The van der Waals surface area contributed by atoms with Crippen LogP contribution in [0.4, 0.5) is 0 Å². The summed E-state index contributed by atoms with van der Waals surface area (Å²) < 4.78 is 5.90. The van der Waals surface area contributed by atoms with Gasteiger partial charge in [0.2, 0.25) is 35.4 Å². The number of carboxylic acid groups (broad SMARTS) is 1. The number of hydrogen-bond acceptors (Lipinski definition) is 10. The molecule has 6 amide bonds. The molecule has 352 valence electrons. The minimum absolute atomic E-state index is 0.0255. The Kier molecular flexibility index (Phi) is 22.8. The van der Waals surface area contributed by atoms with Crippen molar-refractivity contribution in [2.75, 3.05) is 48.4 Å². The van der Waals surface area contributed by atoms with Gasteiger partial charge in [-0.25, -0.2) is 4.79 Å². The van der Waals surface area contributed by atoms with Crippen molar-refractivity contribution in [3.8, 4) is 0 Å². The molecule has 0 heterocycles. The van der Waals surface area contributed by atoms with Crippen molar-refractivity contribution in [2.45, 2.75) is 143 Å². The Balaban J connectivity index is 3.33. The summed E-state index contributed by atoms with van der Waals surface area (Å²) in [5, 5.41) is 29.2. The van der Waals surface area contributed by atoms with Gasteiger partial charge in [-0.1, -0.05) is 78.3 Å². The second-order valence-electron chi connectivity index (χ2n) is 18.3. The molecule has 1 aromatic rings. The van der Waals surface area contributed by atoms with Crippen LogP contribution in [0.15, 0.2) is 30.3 Å². The number of ether oxygens (including phenoxy) is 1. The van der Waals surface area contributed by atoms with E-state index in [1.165, 1.54) is 44.9 Å². The Bertz CT molecular complexity index is 1630. The molecule has 17 heteroatoms. The summed E-state index contributed by atoms with van der Waals surface area (Å²) in [5.41, 5.74) is 0.217. The molecule has 0 aliphatic heterocycles. The molecule has 0 aromatic heterocycles. The molecule has 0 saturated heterocycles. The van der Waals surface area contributed by atoms with E-state index in [1.807, 2.05) is 65.0 Å². The van der Waals surface area contributed by atoms with E-state index in [0.717, 1.165) is 15.4 Å². The van der Waals surface area contributed by atoms with Crippen LogP contribution in [0.1, 0.15) is 94.1 Å². The number of nitrogens with zero attached hydrogens (tertiary/aromatic N) is 4. The topological polar surface area (TPSA) is 218 Å².